The number of hydrogen-bond donors (Lipinski definition) is 0. The second-order valence-electron chi connectivity index (χ2n) is 6.48. The second kappa shape index (κ2) is 6.39. The smallest absolute Gasteiger partial charge is 0.0353 e. The summed E-state index contributed by atoms with van der Waals surface area (Å²) >= 11 is 0. The van der Waals surface area contributed by atoms with Gasteiger partial charge in [-0.15, -0.1) is 9.24 Å². The van der Waals surface area contributed by atoms with Crippen molar-refractivity contribution in [2.75, 3.05) is 6.16 Å². The van der Waals surface area contributed by atoms with Gasteiger partial charge in [-0.1, -0.05) is 45.4 Å². The minimum absolute atomic E-state index is 1.02. The van der Waals surface area contributed by atoms with Crippen LogP contribution in [0.2, 0.25) is 0 Å². The first-order chi connectivity index (χ1) is 7.78. The van der Waals surface area contributed by atoms with Crippen LogP contribution < -0.4 is 0 Å². The predicted molar refractivity (Wildman–Crippen MR) is 75.8 cm³/mol. The maximum Gasteiger partial charge on any atom is -0.0353 e. The molecule has 0 aromatic heterocycles. The summed E-state index contributed by atoms with van der Waals surface area (Å²) in [5.41, 5.74) is 0. The average molecular weight is 240 g/mol. The van der Waals surface area contributed by atoms with Gasteiger partial charge in [0.2, 0.25) is 0 Å². The van der Waals surface area contributed by atoms with Crippen molar-refractivity contribution in [2.24, 2.45) is 23.7 Å². The summed E-state index contributed by atoms with van der Waals surface area (Å²) in [5, 5.41) is 0. The van der Waals surface area contributed by atoms with E-state index in [9.17, 15) is 0 Å². The van der Waals surface area contributed by atoms with E-state index >= 15 is 0 Å². The highest BCUT2D eigenvalue weighted by Gasteiger charge is 2.25. The molecule has 2 aliphatic carbocycles. The first-order valence-electron chi connectivity index (χ1n) is 7.48. The van der Waals surface area contributed by atoms with E-state index in [-0.39, 0.29) is 0 Å². The third kappa shape index (κ3) is 3.73. The quantitative estimate of drug-likeness (QED) is 0.616. The zero-order valence-corrected chi connectivity index (χ0v) is 12.1. The lowest BCUT2D eigenvalue weighted by Crippen LogP contribution is -2.20. The molecule has 2 rings (SSSR count). The molecular formula is C15H29P. The molecule has 0 radical (unpaired) electrons. The highest BCUT2D eigenvalue weighted by Crippen LogP contribution is 2.38. The van der Waals surface area contributed by atoms with E-state index < -0.39 is 0 Å². The van der Waals surface area contributed by atoms with Gasteiger partial charge in [-0.25, -0.2) is 0 Å². The van der Waals surface area contributed by atoms with Crippen molar-refractivity contribution in [1.82, 2.24) is 0 Å². The van der Waals surface area contributed by atoms with E-state index in [0.29, 0.717) is 0 Å². The maximum absolute atomic E-state index is 2.93. The average Bonchev–Trinajstić information content (AvgIpc) is 2.33. The molecule has 1 heteroatoms. The Morgan fingerprint density at radius 2 is 1.19 bits per heavy atom. The Balaban J connectivity index is 1.66. The third-order valence-corrected chi connectivity index (χ3v) is 5.77. The summed E-state index contributed by atoms with van der Waals surface area (Å²) in [7, 11) is 2.93. The van der Waals surface area contributed by atoms with Crippen LogP contribution in [0.15, 0.2) is 0 Å². The van der Waals surface area contributed by atoms with Crippen LogP contribution in [0.1, 0.15) is 64.7 Å². The molecule has 0 heterocycles. The molecular weight excluding hydrogens is 211 g/mol. The van der Waals surface area contributed by atoms with E-state index in [1.54, 1.807) is 6.42 Å². The molecule has 0 aromatic rings. The van der Waals surface area contributed by atoms with Crippen LogP contribution in [0.3, 0.4) is 0 Å². The molecule has 2 aliphatic rings. The highest BCUT2D eigenvalue weighted by molar-refractivity contribution is 7.16. The van der Waals surface area contributed by atoms with Crippen LogP contribution >= 0.6 is 9.24 Å². The van der Waals surface area contributed by atoms with Crippen molar-refractivity contribution in [3.05, 3.63) is 0 Å². The highest BCUT2D eigenvalue weighted by atomic mass is 31.0. The zero-order chi connectivity index (χ0) is 11.4. The van der Waals surface area contributed by atoms with Gasteiger partial charge in [0.25, 0.3) is 0 Å². The molecule has 0 saturated heterocycles. The Labute approximate surface area is 104 Å². The molecule has 2 saturated carbocycles. The molecule has 0 aliphatic heterocycles. The minimum Gasteiger partial charge on any atom is -0.137 e. The molecule has 0 bridgehead atoms. The van der Waals surface area contributed by atoms with Crippen molar-refractivity contribution in [1.29, 1.82) is 0 Å². The Morgan fingerprint density at radius 1 is 0.750 bits per heavy atom. The largest absolute Gasteiger partial charge is 0.137 e. The Hall–Kier alpha value is 0.430. The van der Waals surface area contributed by atoms with Crippen molar-refractivity contribution in [2.45, 2.75) is 64.7 Å². The standard InChI is InChI=1S/C15H29P/c1-12-2-4-13(5-3-12)10-14-6-8-15(11-16)9-7-14/h12-15H,2-11,16H2,1H3. The lowest BCUT2D eigenvalue weighted by atomic mass is 9.74. The van der Waals surface area contributed by atoms with Crippen LogP contribution in [0.5, 0.6) is 0 Å². The van der Waals surface area contributed by atoms with E-state index in [0.717, 1.165) is 23.7 Å². The fraction of sp³-hybridized carbons (Fsp3) is 1.00. The lowest BCUT2D eigenvalue weighted by Gasteiger charge is -2.33. The van der Waals surface area contributed by atoms with Crippen molar-refractivity contribution in [3.8, 4) is 0 Å². The summed E-state index contributed by atoms with van der Waals surface area (Å²) in [5.74, 6) is 4.23. The maximum atomic E-state index is 2.93. The van der Waals surface area contributed by atoms with Gasteiger partial charge in [-0.05, 0) is 49.1 Å². The Bertz CT molecular complexity index is 186. The molecule has 1 unspecified atom stereocenters. The summed E-state index contributed by atoms with van der Waals surface area (Å²) in [6.45, 7) is 2.43. The lowest BCUT2D eigenvalue weighted by molar-refractivity contribution is 0.202. The number of hydrogen-bond acceptors (Lipinski definition) is 0. The summed E-state index contributed by atoms with van der Waals surface area (Å²) in [6, 6.07) is 0. The fourth-order valence-corrected chi connectivity index (χ4v) is 4.21. The van der Waals surface area contributed by atoms with Gasteiger partial charge in [-0.3, -0.25) is 0 Å². The normalized spacial score (nSPS) is 40.9. The molecule has 0 N–H and O–H groups in total. The van der Waals surface area contributed by atoms with Gasteiger partial charge in [0.05, 0.1) is 0 Å². The molecule has 2 fully saturated rings. The zero-order valence-electron chi connectivity index (χ0n) is 11.0. The molecule has 0 amide bonds. The van der Waals surface area contributed by atoms with E-state index in [1.807, 2.05) is 0 Å². The molecule has 94 valence electrons. The molecule has 0 spiro atoms. The Morgan fingerprint density at radius 3 is 1.69 bits per heavy atom. The molecule has 0 aromatic carbocycles. The van der Waals surface area contributed by atoms with Gasteiger partial charge in [0.15, 0.2) is 0 Å². The van der Waals surface area contributed by atoms with E-state index in [4.69, 9.17) is 0 Å². The molecule has 1 atom stereocenters. The van der Waals surface area contributed by atoms with Gasteiger partial charge in [-0.2, -0.15) is 0 Å². The van der Waals surface area contributed by atoms with Crippen LogP contribution in [0, 0.1) is 23.7 Å². The van der Waals surface area contributed by atoms with Crippen LogP contribution in [-0.4, -0.2) is 6.16 Å². The van der Waals surface area contributed by atoms with Crippen LogP contribution in [0.25, 0.3) is 0 Å². The van der Waals surface area contributed by atoms with Crippen LogP contribution in [-0.2, 0) is 0 Å². The minimum atomic E-state index is 1.02. The number of rotatable bonds is 3. The van der Waals surface area contributed by atoms with Crippen molar-refractivity contribution in [3.63, 3.8) is 0 Å². The van der Waals surface area contributed by atoms with Gasteiger partial charge in [0, 0.05) is 0 Å². The van der Waals surface area contributed by atoms with Crippen LogP contribution in [0.4, 0.5) is 0 Å². The summed E-state index contributed by atoms with van der Waals surface area (Å²) in [6.07, 6.45) is 15.1. The summed E-state index contributed by atoms with van der Waals surface area (Å²) in [4.78, 5) is 0. The summed E-state index contributed by atoms with van der Waals surface area (Å²) < 4.78 is 0. The van der Waals surface area contributed by atoms with Gasteiger partial charge in [0.1, 0.15) is 0 Å². The van der Waals surface area contributed by atoms with Crippen molar-refractivity contribution >= 4 is 9.24 Å². The SMILES string of the molecule is CC1CCC(CC2CCC(CP)CC2)CC1. The first kappa shape index (κ1) is 12.9. The fourth-order valence-electron chi connectivity index (χ4n) is 3.74. The first-order valence-corrected chi connectivity index (χ1v) is 8.29. The topological polar surface area (TPSA) is 0 Å². The van der Waals surface area contributed by atoms with Crippen molar-refractivity contribution < 1.29 is 0 Å². The monoisotopic (exact) mass is 240 g/mol. The predicted octanol–water partition coefficient (Wildman–Crippen LogP) is 4.88. The van der Waals surface area contributed by atoms with E-state index in [2.05, 4.69) is 16.2 Å². The molecule has 0 nitrogen and oxygen atoms in total. The van der Waals surface area contributed by atoms with Gasteiger partial charge >= 0.3 is 0 Å². The molecule has 16 heavy (non-hydrogen) atoms. The third-order valence-electron chi connectivity index (χ3n) is 5.10. The second-order valence-corrected chi connectivity index (χ2v) is 6.96. The van der Waals surface area contributed by atoms with E-state index in [1.165, 1.54) is 57.5 Å². The van der Waals surface area contributed by atoms with Gasteiger partial charge < -0.3 is 0 Å². The Kier molecular flexibility index (Phi) is 5.14.